The Hall–Kier alpha value is -7.30. The van der Waals surface area contributed by atoms with E-state index in [2.05, 4.69) is 190 Å². The van der Waals surface area contributed by atoms with Crippen molar-refractivity contribution in [2.75, 3.05) is 9.80 Å². The lowest BCUT2D eigenvalue weighted by atomic mass is 9.91. The fourth-order valence-corrected chi connectivity index (χ4v) is 7.82. The number of hydrogen-bond acceptors (Lipinski definition) is 4. The van der Waals surface area contributed by atoms with Gasteiger partial charge in [-0.2, -0.15) is 0 Å². The Morgan fingerprint density at radius 1 is 0.315 bits per heavy atom. The number of benzene rings is 8. The average molecular weight is 691 g/mol. The molecule has 8 aromatic carbocycles. The van der Waals surface area contributed by atoms with Crippen molar-refractivity contribution < 1.29 is 0 Å². The lowest BCUT2D eigenvalue weighted by molar-refractivity contribution is 1.29. The largest absolute Gasteiger partial charge is 0.310 e. The summed E-state index contributed by atoms with van der Waals surface area (Å²) in [5.41, 5.74) is 10.7. The van der Waals surface area contributed by atoms with Gasteiger partial charge in [-0.05, 0) is 106 Å². The highest BCUT2D eigenvalue weighted by atomic mass is 15.2. The number of hydrogen-bond donors (Lipinski definition) is 0. The molecule has 0 aliphatic carbocycles. The predicted octanol–water partition coefficient (Wildman–Crippen LogP) is 13.6. The third kappa shape index (κ3) is 5.49. The SMILES string of the molecule is c1ccc(N(c2ccc(-c3ccccn3)cc2)c2cc3cccc4c(N(c5ccccc5)c5ccc(-c6ccccn6)cc5)cc5cccc2c5c34)cc1. The summed E-state index contributed by atoms with van der Waals surface area (Å²) in [5, 5.41) is 7.30. The van der Waals surface area contributed by atoms with Crippen molar-refractivity contribution in [3.63, 3.8) is 0 Å². The molecule has 0 fully saturated rings. The van der Waals surface area contributed by atoms with Crippen LogP contribution in [0.5, 0.6) is 0 Å². The predicted molar refractivity (Wildman–Crippen MR) is 226 cm³/mol. The molecule has 254 valence electrons. The molecule has 0 aliphatic heterocycles. The summed E-state index contributed by atoms with van der Waals surface area (Å²) in [5.74, 6) is 0. The first kappa shape index (κ1) is 31.4. The highest BCUT2D eigenvalue weighted by molar-refractivity contribution is 6.29. The van der Waals surface area contributed by atoms with Crippen LogP contribution in [0.4, 0.5) is 34.1 Å². The normalized spacial score (nSPS) is 11.3. The molecule has 10 rings (SSSR count). The van der Waals surface area contributed by atoms with Gasteiger partial charge in [0, 0.05) is 57.0 Å². The summed E-state index contributed by atoms with van der Waals surface area (Å²) in [6.07, 6.45) is 3.68. The van der Waals surface area contributed by atoms with Crippen LogP contribution in [0.2, 0.25) is 0 Å². The fraction of sp³-hybridized carbons (Fsp3) is 0. The molecule has 0 saturated carbocycles. The molecule has 4 nitrogen and oxygen atoms in total. The van der Waals surface area contributed by atoms with Crippen molar-refractivity contribution in [3.05, 3.63) is 207 Å². The van der Waals surface area contributed by atoms with Crippen molar-refractivity contribution in [1.29, 1.82) is 0 Å². The Bertz CT molecular complexity index is 2640. The van der Waals surface area contributed by atoms with E-state index in [1.807, 2.05) is 36.7 Å². The first-order valence-corrected chi connectivity index (χ1v) is 18.2. The van der Waals surface area contributed by atoms with Gasteiger partial charge in [0.1, 0.15) is 0 Å². The molecule has 4 heteroatoms. The molecule has 0 atom stereocenters. The molecular formula is C50H34N4. The zero-order valence-corrected chi connectivity index (χ0v) is 29.4. The van der Waals surface area contributed by atoms with Crippen LogP contribution in [-0.4, -0.2) is 9.97 Å². The average Bonchev–Trinajstić information content (AvgIpc) is 3.25. The summed E-state index contributed by atoms with van der Waals surface area (Å²) < 4.78 is 0. The molecule has 2 aromatic heterocycles. The van der Waals surface area contributed by atoms with E-state index in [0.717, 1.165) is 56.6 Å². The van der Waals surface area contributed by atoms with E-state index >= 15 is 0 Å². The summed E-state index contributed by atoms with van der Waals surface area (Å²) in [6, 6.07) is 69.0. The van der Waals surface area contributed by atoms with Crippen LogP contribution in [0.15, 0.2) is 207 Å². The number of pyridine rings is 2. The van der Waals surface area contributed by atoms with Gasteiger partial charge in [0.25, 0.3) is 0 Å². The third-order valence-corrected chi connectivity index (χ3v) is 10.3. The molecular weight excluding hydrogens is 657 g/mol. The Labute approximate surface area is 314 Å². The van der Waals surface area contributed by atoms with Gasteiger partial charge in [0.15, 0.2) is 0 Å². The van der Waals surface area contributed by atoms with Gasteiger partial charge in [0.2, 0.25) is 0 Å². The number of nitrogens with zero attached hydrogens (tertiary/aromatic N) is 4. The minimum absolute atomic E-state index is 0.960. The molecule has 54 heavy (non-hydrogen) atoms. The Kier molecular flexibility index (Phi) is 7.77. The summed E-state index contributed by atoms with van der Waals surface area (Å²) in [7, 11) is 0. The summed E-state index contributed by atoms with van der Waals surface area (Å²) >= 11 is 0. The van der Waals surface area contributed by atoms with E-state index < -0.39 is 0 Å². The molecule has 0 saturated heterocycles. The van der Waals surface area contributed by atoms with Crippen molar-refractivity contribution >= 4 is 66.4 Å². The maximum absolute atomic E-state index is 4.59. The van der Waals surface area contributed by atoms with Gasteiger partial charge in [-0.25, -0.2) is 0 Å². The number of rotatable bonds is 8. The molecule has 0 radical (unpaired) electrons. The Morgan fingerprint density at radius 2 is 0.704 bits per heavy atom. The maximum atomic E-state index is 4.59. The highest BCUT2D eigenvalue weighted by Gasteiger charge is 2.23. The van der Waals surface area contributed by atoms with Crippen LogP contribution in [0.3, 0.4) is 0 Å². The van der Waals surface area contributed by atoms with E-state index in [1.54, 1.807) is 0 Å². The maximum Gasteiger partial charge on any atom is 0.0701 e. The van der Waals surface area contributed by atoms with Gasteiger partial charge in [-0.15, -0.1) is 0 Å². The first-order valence-electron chi connectivity index (χ1n) is 18.2. The second-order valence-electron chi connectivity index (χ2n) is 13.5. The Balaban J connectivity index is 1.17. The van der Waals surface area contributed by atoms with Crippen molar-refractivity contribution in [2.24, 2.45) is 0 Å². The highest BCUT2D eigenvalue weighted by Crippen LogP contribution is 2.49. The minimum atomic E-state index is 0.960. The van der Waals surface area contributed by atoms with Crippen LogP contribution in [-0.2, 0) is 0 Å². The van der Waals surface area contributed by atoms with Crippen LogP contribution < -0.4 is 9.80 Å². The fourth-order valence-electron chi connectivity index (χ4n) is 7.82. The summed E-state index contributed by atoms with van der Waals surface area (Å²) in [6.45, 7) is 0. The first-order chi connectivity index (χ1) is 26.8. The van der Waals surface area contributed by atoms with Gasteiger partial charge in [-0.3, -0.25) is 9.97 Å². The van der Waals surface area contributed by atoms with E-state index in [1.165, 1.54) is 32.3 Å². The molecule has 2 heterocycles. The topological polar surface area (TPSA) is 32.3 Å². The molecule has 0 spiro atoms. The van der Waals surface area contributed by atoms with Crippen LogP contribution in [0, 0.1) is 0 Å². The van der Waals surface area contributed by atoms with Gasteiger partial charge in [-0.1, -0.05) is 109 Å². The van der Waals surface area contributed by atoms with Crippen LogP contribution in [0.1, 0.15) is 0 Å². The van der Waals surface area contributed by atoms with Crippen molar-refractivity contribution in [3.8, 4) is 22.5 Å². The quantitative estimate of drug-likeness (QED) is 0.149. The molecule has 0 unspecified atom stereocenters. The van der Waals surface area contributed by atoms with Crippen LogP contribution in [0.25, 0.3) is 54.8 Å². The number of anilines is 6. The third-order valence-electron chi connectivity index (χ3n) is 10.3. The zero-order chi connectivity index (χ0) is 35.8. The van der Waals surface area contributed by atoms with Crippen molar-refractivity contribution in [2.45, 2.75) is 0 Å². The van der Waals surface area contributed by atoms with Gasteiger partial charge >= 0.3 is 0 Å². The summed E-state index contributed by atoms with van der Waals surface area (Å²) in [4.78, 5) is 13.9. The van der Waals surface area contributed by atoms with Crippen molar-refractivity contribution in [1.82, 2.24) is 9.97 Å². The molecule has 0 amide bonds. The number of aromatic nitrogens is 2. The van der Waals surface area contributed by atoms with E-state index in [0.29, 0.717) is 0 Å². The lowest BCUT2D eigenvalue weighted by Crippen LogP contribution is -2.12. The van der Waals surface area contributed by atoms with Gasteiger partial charge in [0.05, 0.1) is 22.8 Å². The van der Waals surface area contributed by atoms with E-state index in [4.69, 9.17) is 0 Å². The molecule has 10 aromatic rings. The number of para-hydroxylation sites is 2. The second kappa shape index (κ2) is 13.4. The smallest absolute Gasteiger partial charge is 0.0701 e. The van der Waals surface area contributed by atoms with E-state index in [9.17, 15) is 0 Å². The standard InChI is InChI=1S/C50H34N4/c1-3-15-39(16-4-1)53(41-27-23-35(24-28-41)45-21-7-9-31-51-45)47-33-37-13-12-20-44-48(34-38-14-11-19-43(47)49(38)50(37)44)54(40-17-5-2-6-18-40)42-29-25-36(26-30-42)46-22-8-10-32-52-46/h1-34H. The van der Waals surface area contributed by atoms with Crippen LogP contribution >= 0.6 is 0 Å². The molecule has 0 N–H and O–H groups in total. The van der Waals surface area contributed by atoms with Gasteiger partial charge < -0.3 is 9.80 Å². The lowest BCUT2D eigenvalue weighted by Gasteiger charge is -2.30. The monoisotopic (exact) mass is 690 g/mol. The minimum Gasteiger partial charge on any atom is -0.310 e. The Morgan fingerprint density at radius 3 is 1.09 bits per heavy atom. The molecule has 0 aliphatic rings. The molecule has 0 bridgehead atoms. The second-order valence-corrected chi connectivity index (χ2v) is 13.5. The zero-order valence-electron chi connectivity index (χ0n) is 29.4. The van der Waals surface area contributed by atoms with E-state index in [-0.39, 0.29) is 0 Å².